The molecule has 0 atom stereocenters. The number of methoxy groups -OCH3 is 1. The van der Waals surface area contributed by atoms with Gasteiger partial charge in [-0.1, -0.05) is 46.3 Å². The number of ether oxygens (including phenoxy) is 1. The summed E-state index contributed by atoms with van der Waals surface area (Å²) in [6, 6.07) is 19.9. The Hall–Kier alpha value is -2.68. The van der Waals surface area contributed by atoms with Crippen LogP contribution in [0, 0.1) is 11.3 Å². The van der Waals surface area contributed by atoms with Crippen LogP contribution < -0.4 is 4.74 Å². The maximum Gasteiger partial charge on any atom is 0.134 e. The molecule has 0 bridgehead atoms. The van der Waals surface area contributed by atoms with Gasteiger partial charge in [0.25, 0.3) is 0 Å². The van der Waals surface area contributed by atoms with Gasteiger partial charge in [-0.2, -0.15) is 5.26 Å². The minimum absolute atomic E-state index is 0.522. The predicted molar refractivity (Wildman–Crippen MR) is 111 cm³/mol. The van der Waals surface area contributed by atoms with Gasteiger partial charge in [-0.15, -0.1) is 11.3 Å². The summed E-state index contributed by atoms with van der Waals surface area (Å²) >= 11 is 4.97. The quantitative estimate of drug-likeness (QED) is 0.365. The zero-order valence-corrected chi connectivity index (χ0v) is 16.4. The number of thiazole rings is 1. The normalized spacial score (nSPS) is 11.9. The summed E-state index contributed by atoms with van der Waals surface area (Å²) in [5, 5.41) is 12.2. The molecule has 3 nitrogen and oxygen atoms in total. The number of allylic oxidation sites excluding steroid dienone is 3. The minimum atomic E-state index is 0.522. The third kappa shape index (κ3) is 4.48. The SMILES string of the molecule is COc1ccc(-c2csc(/C(C#N)=C/C(Br)=C\c3ccccc3)n2)cc1. The first-order valence-corrected chi connectivity index (χ1v) is 9.51. The zero-order valence-electron chi connectivity index (χ0n) is 14.0. The molecule has 0 amide bonds. The molecule has 0 aliphatic heterocycles. The molecule has 0 fully saturated rings. The molecular weight excluding hydrogens is 408 g/mol. The smallest absolute Gasteiger partial charge is 0.134 e. The van der Waals surface area contributed by atoms with Crippen LogP contribution in [-0.4, -0.2) is 12.1 Å². The van der Waals surface area contributed by atoms with Crippen molar-refractivity contribution in [1.29, 1.82) is 5.26 Å². The predicted octanol–water partition coefficient (Wildman–Crippen LogP) is 6.16. The average molecular weight is 423 g/mol. The second-order valence-electron chi connectivity index (χ2n) is 5.38. The minimum Gasteiger partial charge on any atom is -0.497 e. The maximum absolute atomic E-state index is 9.53. The molecule has 0 aliphatic carbocycles. The van der Waals surface area contributed by atoms with E-state index in [0.717, 1.165) is 27.1 Å². The van der Waals surface area contributed by atoms with E-state index in [0.29, 0.717) is 10.6 Å². The number of aromatic nitrogens is 1. The number of halogens is 1. The Balaban J connectivity index is 1.86. The first-order valence-electron chi connectivity index (χ1n) is 7.84. The van der Waals surface area contributed by atoms with Gasteiger partial charge in [0.2, 0.25) is 0 Å². The van der Waals surface area contributed by atoms with E-state index < -0.39 is 0 Å². The van der Waals surface area contributed by atoms with Crippen molar-refractivity contribution in [2.75, 3.05) is 7.11 Å². The van der Waals surface area contributed by atoms with Gasteiger partial charge in [-0.05, 0) is 42.0 Å². The molecular formula is C21H15BrN2OS. The fourth-order valence-electron chi connectivity index (χ4n) is 2.32. The molecule has 1 heterocycles. The highest BCUT2D eigenvalue weighted by Crippen LogP contribution is 2.28. The molecule has 0 saturated heterocycles. The summed E-state index contributed by atoms with van der Waals surface area (Å²) in [5.41, 5.74) is 3.42. The largest absolute Gasteiger partial charge is 0.497 e. The molecule has 2 aromatic carbocycles. The standard InChI is InChI=1S/C21H15BrN2OS/c1-25-19-9-7-16(8-10-19)20-14-26-21(24-20)17(13-23)12-18(22)11-15-5-3-2-4-6-15/h2-12,14H,1H3/b17-12+,18-11+. The Morgan fingerprint density at radius 2 is 1.88 bits per heavy atom. The highest BCUT2D eigenvalue weighted by molar-refractivity contribution is 9.12. The van der Waals surface area contributed by atoms with E-state index in [1.165, 1.54) is 11.3 Å². The lowest BCUT2D eigenvalue weighted by Crippen LogP contribution is -1.84. The lowest BCUT2D eigenvalue weighted by atomic mass is 10.1. The Morgan fingerprint density at radius 3 is 2.54 bits per heavy atom. The van der Waals surface area contributed by atoms with Gasteiger partial charge in [-0.25, -0.2) is 4.98 Å². The highest BCUT2D eigenvalue weighted by Gasteiger charge is 2.09. The van der Waals surface area contributed by atoms with Crippen molar-refractivity contribution in [3.63, 3.8) is 0 Å². The third-order valence-corrected chi connectivity index (χ3v) is 4.96. The van der Waals surface area contributed by atoms with Gasteiger partial charge in [0.1, 0.15) is 16.8 Å². The summed E-state index contributed by atoms with van der Waals surface area (Å²) in [5.74, 6) is 0.803. The average Bonchev–Trinajstić information content (AvgIpc) is 3.17. The van der Waals surface area contributed by atoms with Crippen LogP contribution in [0.15, 0.2) is 70.5 Å². The van der Waals surface area contributed by atoms with Crippen molar-refractivity contribution in [1.82, 2.24) is 4.98 Å². The highest BCUT2D eigenvalue weighted by atomic mass is 79.9. The second kappa shape index (κ2) is 8.61. The number of hydrogen-bond acceptors (Lipinski definition) is 4. The lowest BCUT2D eigenvalue weighted by molar-refractivity contribution is 0.415. The van der Waals surface area contributed by atoms with Gasteiger partial charge in [0.15, 0.2) is 0 Å². The van der Waals surface area contributed by atoms with Gasteiger partial charge >= 0.3 is 0 Å². The zero-order chi connectivity index (χ0) is 18.4. The van der Waals surface area contributed by atoms with Crippen molar-refractivity contribution in [3.05, 3.63) is 81.1 Å². The molecule has 0 saturated carbocycles. The molecule has 0 unspecified atom stereocenters. The van der Waals surface area contributed by atoms with Crippen LogP contribution in [-0.2, 0) is 0 Å². The van der Waals surface area contributed by atoms with Crippen LogP contribution in [0.2, 0.25) is 0 Å². The van der Waals surface area contributed by atoms with Crippen LogP contribution in [0.4, 0.5) is 0 Å². The molecule has 3 rings (SSSR count). The first kappa shape index (κ1) is 18.1. The van der Waals surface area contributed by atoms with E-state index in [9.17, 15) is 5.26 Å². The molecule has 0 radical (unpaired) electrons. The number of nitriles is 1. The Morgan fingerprint density at radius 1 is 1.15 bits per heavy atom. The van der Waals surface area contributed by atoms with Crippen LogP contribution >= 0.6 is 27.3 Å². The molecule has 26 heavy (non-hydrogen) atoms. The van der Waals surface area contributed by atoms with Crippen molar-refractivity contribution in [2.24, 2.45) is 0 Å². The topological polar surface area (TPSA) is 45.9 Å². The number of rotatable bonds is 5. The van der Waals surface area contributed by atoms with E-state index in [1.54, 1.807) is 13.2 Å². The summed E-state index contributed by atoms with van der Waals surface area (Å²) in [6.07, 6.45) is 3.76. The van der Waals surface area contributed by atoms with Crippen molar-refractivity contribution in [2.45, 2.75) is 0 Å². The summed E-state index contributed by atoms with van der Waals surface area (Å²) in [6.45, 7) is 0. The second-order valence-corrected chi connectivity index (χ2v) is 7.15. The van der Waals surface area contributed by atoms with E-state index in [1.807, 2.05) is 66.1 Å². The Bertz CT molecular complexity index is 983. The molecule has 1 aromatic heterocycles. The van der Waals surface area contributed by atoms with Crippen LogP contribution in [0.25, 0.3) is 22.9 Å². The fourth-order valence-corrected chi connectivity index (χ4v) is 3.61. The fraction of sp³-hybridized carbons (Fsp3) is 0.0476. The lowest BCUT2D eigenvalue weighted by Gasteiger charge is -2.00. The monoisotopic (exact) mass is 422 g/mol. The first-order chi connectivity index (χ1) is 12.7. The molecule has 0 N–H and O–H groups in total. The van der Waals surface area contributed by atoms with Gasteiger partial charge in [-0.3, -0.25) is 0 Å². The molecule has 0 aliphatic rings. The van der Waals surface area contributed by atoms with E-state index >= 15 is 0 Å². The van der Waals surface area contributed by atoms with E-state index in [4.69, 9.17) is 4.74 Å². The van der Waals surface area contributed by atoms with Crippen molar-refractivity contribution >= 4 is 38.9 Å². The van der Waals surface area contributed by atoms with Crippen molar-refractivity contribution < 1.29 is 4.74 Å². The van der Waals surface area contributed by atoms with Crippen LogP contribution in [0.1, 0.15) is 10.6 Å². The van der Waals surface area contributed by atoms with E-state index in [2.05, 4.69) is 27.0 Å². The van der Waals surface area contributed by atoms with Crippen molar-refractivity contribution in [3.8, 4) is 23.1 Å². The Labute approximate surface area is 165 Å². The van der Waals surface area contributed by atoms with E-state index in [-0.39, 0.29) is 0 Å². The summed E-state index contributed by atoms with van der Waals surface area (Å²) < 4.78 is 6.00. The van der Waals surface area contributed by atoms with Crippen LogP contribution in [0.5, 0.6) is 5.75 Å². The molecule has 0 spiro atoms. The Kier molecular flexibility index (Phi) is 6.00. The molecule has 5 heteroatoms. The number of hydrogen-bond donors (Lipinski definition) is 0. The molecule has 3 aromatic rings. The summed E-state index contributed by atoms with van der Waals surface area (Å²) in [7, 11) is 1.64. The molecule has 128 valence electrons. The van der Waals surface area contributed by atoms with Gasteiger partial charge in [0, 0.05) is 15.4 Å². The van der Waals surface area contributed by atoms with Gasteiger partial charge in [0.05, 0.1) is 18.4 Å². The van der Waals surface area contributed by atoms with Crippen LogP contribution in [0.3, 0.4) is 0 Å². The number of nitrogens with zero attached hydrogens (tertiary/aromatic N) is 2. The summed E-state index contributed by atoms with van der Waals surface area (Å²) in [4.78, 5) is 4.61. The third-order valence-electron chi connectivity index (χ3n) is 3.63. The number of benzene rings is 2. The maximum atomic E-state index is 9.53. The van der Waals surface area contributed by atoms with Gasteiger partial charge < -0.3 is 4.74 Å².